The highest BCUT2D eigenvalue weighted by Crippen LogP contribution is 2.43. The van der Waals surface area contributed by atoms with Gasteiger partial charge >= 0.3 is 0 Å². The molecule has 1 fully saturated rings. The van der Waals surface area contributed by atoms with E-state index in [1.807, 2.05) is 37.5 Å². The van der Waals surface area contributed by atoms with Gasteiger partial charge in [0.05, 0.1) is 16.4 Å². The van der Waals surface area contributed by atoms with Crippen molar-refractivity contribution >= 4 is 33.9 Å². The summed E-state index contributed by atoms with van der Waals surface area (Å²) in [6.07, 6.45) is 8.72. The van der Waals surface area contributed by atoms with Crippen molar-refractivity contribution in [2.45, 2.75) is 25.8 Å². The zero-order valence-corrected chi connectivity index (χ0v) is 17.2. The molecule has 1 aliphatic carbocycles. The zero-order valence-electron chi connectivity index (χ0n) is 17.2. The van der Waals surface area contributed by atoms with Crippen LogP contribution >= 0.6 is 0 Å². The van der Waals surface area contributed by atoms with Crippen LogP contribution in [0.2, 0.25) is 0 Å². The predicted octanol–water partition coefficient (Wildman–Crippen LogP) is 3.24. The van der Waals surface area contributed by atoms with Crippen LogP contribution in [0.1, 0.15) is 19.8 Å². The average Bonchev–Trinajstić information content (AvgIpc) is 3.14. The number of H-pyrrole nitrogens is 1. The molecule has 152 valence electrons. The van der Waals surface area contributed by atoms with Crippen LogP contribution in [0.3, 0.4) is 0 Å². The van der Waals surface area contributed by atoms with E-state index in [4.69, 9.17) is 0 Å². The highest BCUT2D eigenvalue weighted by Gasteiger charge is 2.47. The number of nitrogens with one attached hydrogen (secondary N) is 2. The first kappa shape index (κ1) is 18.5. The van der Waals surface area contributed by atoms with Gasteiger partial charge in [-0.25, -0.2) is 4.98 Å². The van der Waals surface area contributed by atoms with Crippen LogP contribution in [-0.4, -0.2) is 55.9 Å². The van der Waals surface area contributed by atoms with E-state index in [0.717, 1.165) is 46.0 Å². The average molecular weight is 401 g/mol. The Balaban J connectivity index is 1.36. The van der Waals surface area contributed by atoms with E-state index < -0.39 is 0 Å². The van der Waals surface area contributed by atoms with Gasteiger partial charge in [0.25, 0.3) is 0 Å². The molecule has 0 aliphatic heterocycles. The molecule has 0 atom stereocenters. The van der Waals surface area contributed by atoms with E-state index in [0.29, 0.717) is 5.95 Å². The lowest BCUT2D eigenvalue weighted by Gasteiger charge is -2.45. The molecule has 4 aromatic rings. The summed E-state index contributed by atoms with van der Waals surface area (Å²) in [4.78, 5) is 35.1. The number of hydrogen-bond donors (Lipinski definition) is 2. The lowest BCUT2D eigenvalue weighted by atomic mass is 9.66. The normalized spacial score (nSPS) is 20.8. The molecular formula is C22H23N7O. The number of amides is 1. The molecule has 8 nitrogen and oxygen atoms in total. The molecule has 0 spiro atoms. The summed E-state index contributed by atoms with van der Waals surface area (Å²) < 4.78 is 0. The van der Waals surface area contributed by atoms with E-state index in [2.05, 4.69) is 30.2 Å². The molecule has 0 radical (unpaired) electrons. The molecule has 8 heteroatoms. The fraction of sp³-hybridized carbons (Fsp3) is 0.318. The maximum Gasteiger partial charge on any atom is 0.228 e. The van der Waals surface area contributed by atoms with E-state index >= 15 is 0 Å². The lowest BCUT2D eigenvalue weighted by molar-refractivity contribution is -0.143. The quantitative estimate of drug-likeness (QED) is 0.545. The van der Waals surface area contributed by atoms with Gasteiger partial charge in [-0.2, -0.15) is 4.98 Å². The Bertz CT molecular complexity index is 1260. The first-order chi connectivity index (χ1) is 14.4. The first-order valence-electron chi connectivity index (χ1n) is 9.96. The summed E-state index contributed by atoms with van der Waals surface area (Å²) in [5, 5.41) is 4.31. The minimum absolute atomic E-state index is 0.172. The number of hydrogen-bond acceptors (Lipinski definition) is 6. The molecule has 0 unspecified atom stereocenters. The van der Waals surface area contributed by atoms with Crippen molar-refractivity contribution in [3.8, 4) is 11.1 Å². The minimum Gasteiger partial charge on any atom is -0.351 e. The fourth-order valence-electron chi connectivity index (χ4n) is 4.37. The van der Waals surface area contributed by atoms with Crippen LogP contribution in [0.25, 0.3) is 33.2 Å². The maximum absolute atomic E-state index is 12.3. The van der Waals surface area contributed by atoms with E-state index in [1.165, 1.54) is 0 Å². The Hall–Kier alpha value is -3.55. The van der Waals surface area contributed by atoms with E-state index in [-0.39, 0.29) is 17.4 Å². The Morgan fingerprint density at radius 3 is 2.70 bits per heavy atom. The molecule has 30 heavy (non-hydrogen) atoms. The van der Waals surface area contributed by atoms with E-state index in [9.17, 15) is 4.79 Å². The Morgan fingerprint density at radius 1 is 1.17 bits per heavy atom. The number of nitrogens with zero attached hydrogens (tertiary/aromatic N) is 5. The molecular weight excluding hydrogens is 378 g/mol. The first-order valence-corrected chi connectivity index (χ1v) is 9.96. The molecule has 1 aromatic carbocycles. The van der Waals surface area contributed by atoms with Gasteiger partial charge in [0.1, 0.15) is 5.65 Å². The summed E-state index contributed by atoms with van der Waals surface area (Å²) >= 11 is 0. The van der Waals surface area contributed by atoms with Gasteiger partial charge in [0.15, 0.2) is 0 Å². The molecule has 0 bridgehead atoms. The number of aromatic nitrogens is 5. The van der Waals surface area contributed by atoms with Gasteiger partial charge in [0.2, 0.25) is 11.9 Å². The number of carbonyl (C=O) groups excluding carboxylic acids is 1. The fourth-order valence-corrected chi connectivity index (χ4v) is 4.37. The second-order valence-electron chi connectivity index (χ2n) is 8.43. The van der Waals surface area contributed by atoms with Crippen LogP contribution in [0.15, 0.2) is 43.0 Å². The minimum atomic E-state index is -0.302. The van der Waals surface area contributed by atoms with Gasteiger partial charge < -0.3 is 15.2 Å². The zero-order chi connectivity index (χ0) is 20.9. The predicted molar refractivity (Wildman–Crippen MR) is 116 cm³/mol. The molecule has 0 saturated heterocycles. The second kappa shape index (κ2) is 6.76. The van der Waals surface area contributed by atoms with Crippen LogP contribution in [0, 0.1) is 5.41 Å². The Morgan fingerprint density at radius 2 is 1.93 bits per heavy atom. The van der Waals surface area contributed by atoms with Crippen LogP contribution in [0.5, 0.6) is 0 Å². The summed E-state index contributed by atoms with van der Waals surface area (Å²) in [6.45, 7) is 2.02. The Labute approximate surface area is 173 Å². The molecule has 3 aromatic heterocycles. The lowest BCUT2D eigenvalue weighted by Crippen LogP contribution is -2.52. The van der Waals surface area contributed by atoms with Crippen molar-refractivity contribution in [3.05, 3.63) is 43.0 Å². The monoisotopic (exact) mass is 401 g/mol. The van der Waals surface area contributed by atoms with Crippen LogP contribution < -0.4 is 5.32 Å². The molecule has 3 heterocycles. The third kappa shape index (κ3) is 3.04. The molecule has 1 aliphatic rings. The number of rotatable bonds is 4. The molecule has 5 rings (SSSR count). The molecule has 1 amide bonds. The standard InChI is InChI=1S/C22H23N7O/c1-22(20(30)29(2)3)9-14(10-22)27-21-26-12-16-15(11-25-19(16)28-21)13-4-5-17-18(8-13)24-7-6-23-17/h4-8,11-12,14H,9-10H2,1-3H3,(H2,25,26,27,28)/t14-,22-. The summed E-state index contributed by atoms with van der Waals surface area (Å²) in [6, 6.07) is 6.22. The second-order valence-corrected chi connectivity index (χ2v) is 8.43. The van der Waals surface area contributed by atoms with Gasteiger partial charge in [-0.1, -0.05) is 13.0 Å². The van der Waals surface area contributed by atoms with Crippen LogP contribution in [0.4, 0.5) is 5.95 Å². The van der Waals surface area contributed by atoms with Gasteiger partial charge in [-0.3, -0.25) is 14.8 Å². The summed E-state index contributed by atoms with van der Waals surface area (Å²) in [7, 11) is 3.60. The number of anilines is 1. The largest absolute Gasteiger partial charge is 0.351 e. The molecule has 1 saturated carbocycles. The molecule has 2 N–H and O–H groups in total. The van der Waals surface area contributed by atoms with Crippen molar-refractivity contribution in [1.29, 1.82) is 0 Å². The van der Waals surface area contributed by atoms with Crippen molar-refractivity contribution in [2.24, 2.45) is 5.41 Å². The van der Waals surface area contributed by atoms with Crippen molar-refractivity contribution in [3.63, 3.8) is 0 Å². The number of fused-ring (bicyclic) bond motifs is 2. The Kier molecular flexibility index (Phi) is 4.16. The van der Waals surface area contributed by atoms with Crippen LogP contribution in [-0.2, 0) is 4.79 Å². The summed E-state index contributed by atoms with van der Waals surface area (Å²) in [5.41, 5.74) is 4.25. The summed E-state index contributed by atoms with van der Waals surface area (Å²) in [5.74, 6) is 0.746. The van der Waals surface area contributed by atoms with Gasteiger partial charge in [-0.05, 0) is 30.5 Å². The number of benzene rings is 1. The maximum atomic E-state index is 12.3. The van der Waals surface area contributed by atoms with Crippen molar-refractivity contribution < 1.29 is 4.79 Å². The van der Waals surface area contributed by atoms with Crippen molar-refractivity contribution in [2.75, 3.05) is 19.4 Å². The van der Waals surface area contributed by atoms with Crippen molar-refractivity contribution in [1.82, 2.24) is 29.8 Å². The number of aromatic amines is 1. The SMILES string of the molecule is CN(C)C(=O)[C@]1(C)C[C@@H](Nc2ncc3c(-c4ccc5nccnc5c4)c[nH]c3n2)C1. The topological polar surface area (TPSA) is 99.7 Å². The van der Waals surface area contributed by atoms with E-state index in [1.54, 1.807) is 31.4 Å². The third-order valence-electron chi connectivity index (χ3n) is 5.86. The highest BCUT2D eigenvalue weighted by atomic mass is 16.2. The third-order valence-corrected chi connectivity index (χ3v) is 5.86. The number of carbonyl (C=O) groups is 1. The van der Waals surface area contributed by atoms with Gasteiger partial charge in [0, 0.05) is 55.9 Å². The smallest absolute Gasteiger partial charge is 0.228 e. The van der Waals surface area contributed by atoms with Gasteiger partial charge in [-0.15, -0.1) is 0 Å². The highest BCUT2D eigenvalue weighted by molar-refractivity contribution is 5.95.